The molecule has 0 saturated heterocycles. The molecule has 1 aliphatic rings. The van der Waals surface area contributed by atoms with Crippen LogP contribution in [-0.4, -0.2) is 21.0 Å². The van der Waals surface area contributed by atoms with Gasteiger partial charge < -0.3 is 14.8 Å². The summed E-state index contributed by atoms with van der Waals surface area (Å²) in [6.45, 7) is 3.72. The number of hydrogen-bond donors (Lipinski definition) is 2. The third-order valence-electron chi connectivity index (χ3n) is 3.18. The Morgan fingerprint density at radius 1 is 1.53 bits per heavy atom. The average molecular weight is 279 g/mol. The van der Waals surface area contributed by atoms with Crippen LogP contribution in [0.1, 0.15) is 29.9 Å². The molecule has 5 nitrogen and oxygen atoms in total. The molecule has 2 aromatic heterocycles. The van der Waals surface area contributed by atoms with E-state index in [0.717, 1.165) is 11.1 Å². The first-order valence-electron chi connectivity index (χ1n) is 5.71. The van der Waals surface area contributed by atoms with E-state index in [0.29, 0.717) is 11.4 Å². The molecule has 0 bridgehead atoms. The van der Waals surface area contributed by atoms with Crippen LogP contribution in [0.4, 0.5) is 0 Å². The molecule has 1 aliphatic heterocycles. The standard InChI is InChI=1S/C13H11ClN2O3/c1-13(2)7-5-8(12(17)18)16-9(7)6-3-4-15-11(14)10(6)19-13/h3-5,16H,1-2H3,(H,17,18). The molecular weight excluding hydrogens is 268 g/mol. The molecule has 19 heavy (non-hydrogen) atoms. The number of nitrogens with one attached hydrogen (secondary N) is 1. The Kier molecular flexibility index (Phi) is 2.37. The van der Waals surface area contributed by atoms with Crippen LogP contribution in [0.3, 0.4) is 0 Å². The lowest BCUT2D eigenvalue weighted by Crippen LogP contribution is -2.28. The molecule has 0 amide bonds. The van der Waals surface area contributed by atoms with Crippen molar-refractivity contribution in [1.29, 1.82) is 0 Å². The molecule has 98 valence electrons. The van der Waals surface area contributed by atoms with Crippen molar-refractivity contribution in [2.75, 3.05) is 0 Å². The first-order valence-corrected chi connectivity index (χ1v) is 6.08. The van der Waals surface area contributed by atoms with Crippen LogP contribution in [0.2, 0.25) is 5.15 Å². The molecule has 0 spiro atoms. The number of pyridine rings is 1. The van der Waals surface area contributed by atoms with Gasteiger partial charge in [0.2, 0.25) is 0 Å². The van der Waals surface area contributed by atoms with Crippen molar-refractivity contribution in [2.45, 2.75) is 19.4 Å². The number of nitrogens with zero attached hydrogens (tertiary/aromatic N) is 1. The quantitative estimate of drug-likeness (QED) is 0.786. The maximum Gasteiger partial charge on any atom is 0.352 e. The number of ether oxygens (including phenoxy) is 1. The minimum atomic E-state index is -1.01. The first-order chi connectivity index (χ1) is 8.90. The SMILES string of the molecule is CC1(C)Oc2c(ccnc2Cl)-c2[nH]c(C(=O)O)cc21. The second kappa shape index (κ2) is 3.74. The van der Waals surface area contributed by atoms with E-state index in [1.165, 1.54) is 0 Å². The molecule has 0 saturated carbocycles. The number of H-pyrrole nitrogens is 1. The van der Waals surface area contributed by atoms with Gasteiger partial charge in [-0.3, -0.25) is 0 Å². The van der Waals surface area contributed by atoms with Crippen molar-refractivity contribution in [3.8, 4) is 17.0 Å². The summed E-state index contributed by atoms with van der Waals surface area (Å²) >= 11 is 6.04. The number of carbonyl (C=O) groups is 1. The zero-order valence-electron chi connectivity index (χ0n) is 10.3. The predicted octanol–water partition coefficient (Wildman–Crippen LogP) is 3.06. The number of halogens is 1. The summed E-state index contributed by atoms with van der Waals surface area (Å²) in [6.07, 6.45) is 1.56. The molecule has 0 aromatic carbocycles. The summed E-state index contributed by atoms with van der Waals surface area (Å²) in [7, 11) is 0. The Bertz CT molecular complexity index is 691. The fourth-order valence-electron chi connectivity index (χ4n) is 2.28. The van der Waals surface area contributed by atoms with E-state index < -0.39 is 11.6 Å². The summed E-state index contributed by atoms with van der Waals surface area (Å²) in [6, 6.07) is 3.34. The van der Waals surface area contributed by atoms with E-state index in [2.05, 4.69) is 9.97 Å². The Hall–Kier alpha value is -2.01. The number of carboxylic acids is 1. The number of aromatic nitrogens is 2. The Morgan fingerprint density at radius 3 is 2.95 bits per heavy atom. The second-order valence-corrected chi connectivity index (χ2v) is 5.23. The van der Waals surface area contributed by atoms with Gasteiger partial charge in [0, 0.05) is 17.3 Å². The highest BCUT2D eigenvalue weighted by Crippen LogP contribution is 2.47. The van der Waals surface area contributed by atoms with Gasteiger partial charge in [-0.2, -0.15) is 0 Å². The average Bonchev–Trinajstić information content (AvgIpc) is 2.77. The normalized spacial score (nSPS) is 15.3. The Balaban J connectivity index is 2.32. The van der Waals surface area contributed by atoms with Crippen molar-refractivity contribution in [2.24, 2.45) is 0 Å². The highest BCUT2D eigenvalue weighted by atomic mass is 35.5. The van der Waals surface area contributed by atoms with Crippen LogP contribution >= 0.6 is 11.6 Å². The number of aromatic carboxylic acids is 1. The van der Waals surface area contributed by atoms with Crippen LogP contribution in [0.5, 0.6) is 5.75 Å². The lowest BCUT2D eigenvalue weighted by Gasteiger charge is -2.32. The second-order valence-electron chi connectivity index (χ2n) is 4.87. The third kappa shape index (κ3) is 1.69. The van der Waals surface area contributed by atoms with Gasteiger partial charge in [0.15, 0.2) is 10.9 Å². The maximum atomic E-state index is 11.1. The van der Waals surface area contributed by atoms with E-state index in [1.807, 2.05) is 13.8 Å². The Labute approximate surface area is 114 Å². The summed E-state index contributed by atoms with van der Waals surface area (Å²) in [5, 5.41) is 9.36. The van der Waals surface area contributed by atoms with Gasteiger partial charge in [-0.15, -0.1) is 0 Å². The summed E-state index contributed by atoms with van der Waals surface area (Å²) < 4.78 is 5.86. The molecule has 2 aromatic rings. The van der Waals surface area contributed by atoms with Gasteiger partial charge in [-0.1, -0.05) is 11.6 Å². The molecule has 2 N–H and O–H groups in total. The van der Waals surface area contributed by atoms with Crippen LogP contribution in [0.15, 0.2) is 18.3 Å². The molecule has 0 fully saturated rings. The van der Waals surface area contributed by atoms with Gasteiger partial charge >= 0.3 is 5.97 Å². The highest BCUT2D eigenvalue weighted by Gasteiger charge is 2.36. The monoisotopic (exact) mass is 278 g/mol. The molecule has 3 heterocycles. The van der Waals surface area contributed by atoms with E-state index >= 15 is 0 Å². The number of hydrogen-bond acceptors (Lipinski definition) is 3. The summed E-state index contributed by atoms with van der Waals surface area (Å²) in [5.41, 5.74) is 1.69. The van der Waals surface area contributed by atoms with Crippen LogP contribution in [0.25, 0.3) is 11.3 Å². The van der Waals surface area contributed by atoms with Crippen LogP contribution in [0, 0.1) is 0 Å². The Morgan fingerprint density at radius 2 is 2.26 bits per heavy atom. The largest absolute Gasteiger partial charge is 0.479 e. The fourth-order valence-corrected chi connectivity index (χ4v) is 2.48. The van der Waals surface area contributed by atoms with Crippen molar-refractivity contribution in [3.05, 3.63) is 34.7 Å². The lowest BCUT2D eigenvalue weighted by atomic mass is 9.92. The maximum absolute atomic E-state index is 11.1. The minimum absolute atomic E-state index is 0.127. The first kappa shape index (κ1) is 12.0. The van der Waals surface area contributed by atoms with Crippen molar-refractivity contribution in [1.82, 2.24) is 9.97 Å². The van der Waals surface area contributed by atoms with E-state index in [4.69, 9.17) is 21.4 Å². The van der Waals surface area contributed by atoms with Gasteiger partial charge in [0.25, 0.3) is 0 Å². The van der Waals surface area contributed by atoms with Crippen LogP contribution < -0.4 is 4.74 Å². The molecule has 0 radical (unpaired) electrons. The molecule has 0 aliphatic carbocycles. The fraction of sp³-hybridized carbons (Fsp3) is 0.231. The molecular formula is C13H11ClN2O3. The van der Waals surface area contributed by atoms with E-state index in [9.17, 15) is 4.79 Å². The van der Waals surface area contributed by atoms with Crippen molar-refractivity contribution >= 4 is 17.6 Å². The number of fused-ring (bicyclic) bond motifs is 3. The number of aromatic amines is 1. The number of carboxylic acid groups (broad SMARTS) is 1. The summed E-state index contributed by atoms with van der Waals surface area (Å²) in [5.74, 6) is -0.535. The smallest absolute Gasteiger partial charge is 0.352 e. The zero-order valence-corrected chi connectivity index (χ0v) is 11.1. The third-order valence-corrected chi connectivity index (χ3v) is 3.45. The van der Waals surface area contributed by atoms with Crippen molar-refractivity contribution in [3.63, 3.8) is 0 Å². The highest BCUT2D eigenvalue weighted by molar-refractivity contribution is 6.31. The van der Waals surface area contributed by atoms with Gasteiger partial charge in [-0.25, -0.2) is 9.78 Å². The zero-order chi connectivity index (χ0) is 13.8. The molecule has 3 rings (SSSR count). The van der Waals surface area contributed by atoms with Gasteiger partial charge in [0.05, 0.1) is 5.69 Å². The lowest BCUT2D eigenvalue weighted by molar-refractivity contribution is 0.0691. The molecule has 6 heteroatoms. The molecule has 0 unspecified atom stereocenters. The van der Waals surface area contributed by atoms with Gasteiger partial charge in [0.1, 0.15) is 11.3 Å². The summed E-state index contributed by atoms with van der Waals surface area (Å²) in [4.78, 5) is 18.0. The topological polar surface area (TPSA) is 75.2 Å². The predicted molar refractivity (Wildman–Crippen MR) is 69.6 cm³/mol. The number of rotatable bonds is 1. The van der Waals surface area contributed by atoms with E-state index in [-0.39, 0.29) is 10.8 Å². The van der Waals surface area contributed by atoms with Gasteiger partial charge in [-0.05, 0) is 26.0 Å². The van der Waals surface area contributed by atoms with E-state index in [1.54, 1.807) is 18.3 Å². The minimum Gasteiger partial charge on any atom is -0.479 e. The van der Waals surface area contributed by atoms with Crippen LogP contribution in [-0.2, 0) is 5.60 Å². The van der Waals surface area contributed by atoms with Crippen molar-refractivity contribution < 1.29 is 14.6 Å². The molecule has 0 atom stereocenters.